The van der Waals surface area contributed by atoms with Crippen LogP contribution in [0, 0.1) is 6.92 Å². The quantitative estimate of drug-likeness (QED) is 0.885. The maximum absolute atomic E-state index is 12.4. The van der Waals surface area contributed by atoms with Gasteiger partial charge in [0.25, 0.3) is 5.56 Å². The van der Waals surface area contributed by atoms with Crippen molar-refractivity contribution in [1.29, 1.82) is 0 Å². The number of benzene rings is 1. The summed E-state index contributed by atoms with van der Waals surface area (Å²) in [4.78, 5) is 22.0. The molecule has 0 radical (unpaired) electrons. The van der Waals surface area contributed by atoms with Gasteiger partial charge in [0.2, 0.25) is 5.95 Å². The number of anilines is 1. The topological polar surface area (TPSA) is 61.0 Å². The van der Waals surface area contributed by atoms with E-state index in [1.165, 1.54) is 0 Å². The van der Waals surface area contributed by atoms with E-state index in [1.807, 2.05) is 37.3 Å². The summed E-state index contributed by atoms with van der Waals surface area (Å²) in [5.74, 6) is 0.691. The SMILES string of the molecule is Cc1nc(N2CCNCC2)[nH]c(=O)c1Cc1ccccc1. The average molecular weight is 284 g/mol. The molecule has 0 aliphatic carbocycles. The third-order valence-electron chi connectivity index (χ3n) is 3.85. The van der Waals surface area contributed by atoms with Crippen LogP contribution in [-0.4, -0.2) is 36.1 Å². The molecule has 1 fully saturated rings. The lowest BCUT2D eigenvalue weighted by molar-refractivity contribution is 0.578. The summed E-state index contributed by atoms with van der Waals surface area (Å²) >= 11 is 0. The van der Waals surface area contributed by atoms with Crippen molar-refractivity contribution in [2.75, 3.05) is 31.1 Å². The molecule has 2 N–H and O–H groups in total. The monoisotopic (exact) mass is 284 g/mol. The molecule has 5 nitrogen and oxygen atoms in total. The fourth-order valence-electron chi connectivity index (χ4n) is 2.63. The molecule has 0 saturated carbocycles. The first-order chi connectivity index (χ1) is 10.2. The Bertz CT molecular complexity index is 660. The van der Waals surface area contributed by atoms with E-state index in [0.717, 1.165) is 43.0 Å². The van der Waals surface area contributed by atoms with Crippen molar-refractivity contribution >= 4 is 5.95 Å². The molecular weight excluding hydrogens is 264 g/mol. The molecule has 110 valence electrons. The van der Waals surface area contributed by atoms with Crippen LogP contribution in [0.15, 0.2) is 35.1 Å². The Hall–Kier alpha value is -2.14. The number of piperazine rings is 1. The molecule has 1 aliphatic rings. The predicted molar refractivity (Wildman–Crippen MR) is 83.9 cm³/mol. The molecule has 3 rings (SSSR count). The predicted octanol–water partition coefficient (Wildman–Crippen LogP) is 1.08. The third-order valence-corrected chi connectivity index (χ3v) is 3.85. The van der Waals surface area contributed by atoms with Crippen molar-refractivity contribution in [3.63, 3.8) is 0 Å². The first kappa shape index (κ1) is 13.8. The minimum absolute atomic E-state index is 0.0279. The Morgan fingerprint density at radius 2 is 1.90 bits per heavy atom. The second kappa shape index (κ2) is 6.10. The summed E-state index contributed by atoms with van der Waals surface area (Å²) in [5.41, 5.74) is 2.67. The highest BCUT2D eigenvalue weighted by Crippen LogP contribution is 2.12. The van der Waals surface area contributed by atoms with E-state index < -0.39 is 0 Å². The van der Waals surface area contributed by atoms with Crippen LogP contribution in [0.3, 0.4) is 0 Å². The Morgan fingerprint density at radius 1 is 1.19 bits per heavy atom. The van der Waals surface area contributed by atoms with Gasteiger partial charge in [0.05, 0.1) is 5.69 Å². The highest BCUT2D eigenvalue weighted by Gasteiger charge is 2.15. The van der Waals surface area contributed by atoms with Gasteiger partial charge in [-0.15, -0.1) is 0 Å². The van der Waals surface area contributed by atoms with Gasteiger partial charge >= 0.3 is 0 Å². The first-order valence-corrected chi connectivity index (χ1v) is 7.33. The summed E-state index contributed by atoms with van der Waals surface area (Å²) in [6.45, 7) is 5.52. The van der Waals surface area contributed by atoms with Gasteiger partial charge in [-0.1, -0.05) is 30.3 Å². The van der Waals surface area contributed by atoms with Crippen LogP contribution in [0.25, 0.3) is 0 Å². The lowest BCUT2D eigenvalue weighted by atomic mass is 10.1. The van der Waals surface area contributed by atoms with Gasteiger partial charge in [0, 0.05) is 38.2 Å². The second-order valence-electron chi connectivity index (χ2n) is 5.35. The normalized spacial score (nSPS) is 15.2. The van der Waals surface area contributed by atoms with Gasteiger partial charge in [-0.3, -0.25) is 9.78 Å². The molecule has 5 heteroatoms. The van der Waals surface area contributed by atoms with E-state index in [4.69, 9.17) is 0 Å². The van der Waals surface area contributed by atoms with E-state index in [2.05, 4.69) is 20.2 Å². The van der Waals surface area contributed by atoms with Crippen LogP contribution in [0.2, 0.25) is 0 Å². The molecule has 0 amide bonds. The van der Waals surface area contributed by atoms with Crippen molar-refractivity contribution in [1.82, 2.24) is 15.3 Å². The molecule has 1 saturated heterocycles. The van der Waals surface area contributed by atoms with Crippen molar-refractivity contribution in [3.8, 4) is 0 Å². The summed E-state index contributed by atoms with van der Waals surface area (Å²) < 4.78 is 0. The third kappa shape index (κ3) is 3.13. The van der Waals surface area contributed by atoms with Crippen molar-refractivity contribution in [3.05, 3.63) is 57.5 Å². The molecule has 0 atom stereocenters. The zero-order chi connectivity index (χ0) is 14.7. The number of nitrogens with one attached hydrogen (secondary N) is 2. The van der Waals surface area contributed by atoms with Crippen molar-refractivity contribution in [2.45, 2.75) is 13.3 Å². The van der Waals surface area contributed by atoms with Crippen molar-refractivity contribution in [2.24, 2.45) is 0 Å². The number of aromatic amines is 1. The van der Waals surface area contributed by atoms with Crippen LogP contribution >= 0.6 is 0 Å². The van der Waals surface area contributed by atoms with Crippen LogP contribution < -0.4 is 15.8 Å². The molecule has 0 bridgehead atoms. The van der Waals surface area contributed by atoms with E-state index >= 15 is 0 Å². The molecule has 1 aliphatic heterocycles. The van der Waals surface area contributed by atoms with Gasteiger partial charge in [0.15, 0.2) is 0 Å². The average Bonchev–Trinajstić information content (AvgIpc) is 2.52. The maximum Gasteiger partial charge on any atom is 0.256 e. The molecule has 0 spiro atoms. The van der Waals surface area contributed by atoms with E-state index in [1.54, 1.807) is 0 Å². The Morgan fingerprint density at radius 3 is 2.57 bits per heavy atom. The smallest absolute Gasteiger partial charge is 0.256 e. The van der Waals surface area contributed by atoms with E-state index in [9.17, 15) is 4.79 Å². The number of hydrogen-bond donors (Lipinski definition) is 2. The number of rotatable bonds is 3. The second-order valence-corrected chi connectivity index (χ2v) is 5.35. The lowest BCUT2D eigenvalue weighted by Gasteiger charge is -2.28. The fourth-order valence-corrected chi connectivity index (χ4v) is 2.63. The zero-order valence-corrected chi connectivity index (χ0v) is 12.2. The molecule has 21 heavy (non-hydrogen) atoms. The first-order valence-electron chi connectivity index (χ1n) is 7.33. The molecule has 2 aromatic rings. The van der Waals surface area contributed by atoms with E-state index in [-0.39, 0.29) is 5.56 Å². The molecular formula is C16H20N4O. The number of H-pyrrole nitrogens is 1. The number of hydrogen-bond acceptors (Lipinski definition) is 4. The van der Waals surface area contributed by atoms with E-state index in [0.29, 0.717) is 12.4 Å². The van der Waals surface area contributed by atoms with Crippen LogP contribution in [0.4, 0.5) is 5.95 Å². The Labute approximate surface area is 124 Å². The molecule has 1 aromatic carbocycles. The number of aromatic nitrogens is 2. The number of nitrogens with zero attached hydrogens (tertiary/aromatic N) is 2. The zero-order valence-electron chi connectivity index (χ0n) is 12.2. The minimum atomic E-state index is -0.0279. The summed E-state index contributed by atoms with van der Waals surface area (Å²) in [6, 6.07) is 10.0. The van der Waals surface area contributed by atoms with Crippen LogP contribution in [0.1, 0.15) is 16.8 Å². The highest BCUT2D eigenvalue weighted by molar-refractivity contribution is 5.35. The van der Waals surface area contributed by atoms with Crippen LogP contribution in [0.5, 0.6) is 0 Å². The summed E-state index contributed by atoms with van der Waals surface area (Å²) in [6.07, 6.45) is 0.622. The highest BCUT2D eigenvalue weighted by atomic mass is 16.1. The Balaban J connectivity index is 1.87. The van der Waals surface area contributed by atoms with Gasteiger partial charge in [-0.25, -0.2) is 4.98 Å². The van der Waals surface area contributed by atoms with Gasteiger partial charge in [-0.2, -0.15) is 0 Å². The fraction of sp³-hybridized carbons (Fsp3) is 0.375. The molecule has 0 unspecified atom stereocenters. The lowest BCUT2D eigenvalue weighted by Crippen LogP contribution is -2.45. The standard InChI is InChI=1S/C16H20N4O/c1-12-14(11-13-5-3-2-4-6-13)15(21)19-16(18-12)20-9-7-17-8-10-20/h2-6,17H,7-11H2,1H3,(H,18,19,21). The molecule has 1 aromatic heterocycles. The largest absolute Gasteiger partial charge is 0.340 e. The Kier molecular flexibility index (Phi) is 4.01. The van der Waals surface area contributed by atoms with Crippen molar-refractivity contribution < 1.29 is 0 Å². The minimum Gasteiger partial charge on any atom is -0.340 e. The number of aryl methyl sites for hydroxylation is 1. The maximum atomic E-state index is 12.4. The molecule has 2 heterocycles. The summed E-state index contributed by atoms with van der Waals surface area (Å²) in [7, 11) is 0. The summed E-state index contributed by atoms with van der Waals surface area (Å²) in [5, 5.41) is 3.30. The van der Waals surface area contributed by atoms with Gasteiger partial charge in [0.1, 0.15) is 0 Å². The van der Waals surface area contributed by atoms with Gasteiger partial charge < -0.3 is 10.2 Å². The van der Waals surface area contributed by atoms with Gasteiger partial charge in [-0.05, 0) is 12.5 Å². The van der Waals surface area contributed by atoms with Crippen LogP contribution in [-0.2, 0) is 6.42 Å².